The van der Waals surface area contributed by atoms with E-state index >= 15 is 0 Å². The molecule has 0 heterocycles. The van der Waals surface area contributed by atoms with Gasteiger partial charge in [-0.2, -0.15) is 0 Å². The molecule has 3 atom stereocenters. The number of aliphatic hydroxyl groups is 3. The second-order valence-corrected chi connectivity index (χ2v) is 7.03. The molecule has 1 aromatic carbocycles. The van der Waals surface area contributed by atoms with E-state index in [0.717, 1.165) is 11.1 Å². The van der Waals surface area contributed by atoms with Crippen LogP contribution >= 0.6 is 0 Å². The zero-order chi connectivity index (χ0) is 16.3. The molecule has 1 aliphatic carbocycles. The van der Waals surface area contributed by atoms with Crippen LogP contribution in [-0.4, -0.2) is 52.3 Å². The van der Waals surface area contributed by atoms with Crippen LogP contribution in [0.15, 0.2) is 18.2 Å². The molecular weight excluding hydrogens is 282 g/mol. The van der Waals surface area contributed by atoms with E-state index in [1.54, 1.807) is 0 Å². The van der Waals surface area contributed by atoms with Crippen LogP contribution in [0.2, 0.25) is 0 Å². The second-order valence-electron chi connectivity index (χ2n) is 7.03. The van der Waals surface area contributed by atoms with E-state index in [4.69, 9.17) is 4.74 Å². The van der Waals surface area contributed by atoms with Gasteiger partial charge in [0.15, 0.2) is 0 Å². The Morgan fingerprint density at radius 2 is 1.91 bits per heavy atom. The highest BCUT2D eigenvalue weighted by molar-refractivity contribution is 5.43. The largest absolute Gasteiger partial charge is 0.491 e. The van der Waals surface area contributed by atoms with E-state index in [2.05, 4.69) is 5.32 Å². The minimum absolute atomic E-state index is 0.0485. The van der Waals surface area contributed by atoms with Crippen LogP contribution in [0.4, 0.5) is 0 Å². The van der Waals surface area contributed by atoms with E-state index in [0.29, 0.717) is 25.1 Å². The van der Waals surface area contributed by atoms with Gasteiger partial charge in [0, 0.05) is 30.5 Å². The van der Waals surface area contributed by atoms with E-state index < -0.39 is 18.3 Å². The van der Waals surface area contributed by atoms with Crippen molar-refractivity contribution < 1.29 is 20.1 Å². The number of ether oxygens (including phenoxy) is 1. The number of hydrogen-bond donors (Lipinski definition) is 4. The zero-order valence-electron chi connectivity index (χ0n) is 13.5. The highest BCUT2D eigenvalue weighted by atomic mass is 16.5. The summed E-state index contributed by atoms with van der Waals surface area (Å²) in [6.45, 7) is 6.78. The fourth-order valence-electron chi connectivity index (χ4n) is 2.54. The fraction of sp³-hybridized carbons (Fsp3) is 0.647. The minimum Gasteiger partial charge on any atom is -0.491 e. The first-order chi connectivity index (χ1) is 10.3. The number of hydrogen-bond acceptors (Lipinski definition) is 5. The lowest BCUT2D eigenvalue weighted by Gasteiger charge is -2.28. The van der Waals surface area contributed by atoms with Crippen molar-refractivity contribution in [3.05, 3.63) is 29.3 Å². The third kappa shape index (κ3) is 4.68. The summed E-state index contributed by atoms with van der Waals surface area (Å²) < 4.78 is 5.73. The number of aliphatic hydroxyl groups excluding tert-OH is 3. The molecule has 0 aliphatic heterocycles. The van der Waals surface area contributed by atoms with Crippen molar-refractivity contribution in [2.45, 2.75) is 57.5 Å². The minimum atomic E-state index is -0.760. The van der Waals surface area contributed by atoms with Crippen LogP contribution in [0.1, 0.15) is 31.9 Å². The average molecular weight is 309 g/mol. The molecule has 0 bridgehead atoms. The number of nitrogens with one attached hydrogen (secondary N) is 1. The summed E-state index contributed by atoms with van der Waals surface area (Å²) in [6.07, 6.45) is -1.27. The van der Waals surface area contributed by atoms with Crippen LogP contribution < -0.4 is 10.1 Å². The Morgan fingerprint density at radius 1 is 1.23 bits per heavy atom. The van der Waals surface area contributed by atoms with E-state index in [-0.39, 0.29) is 12.1 Å². The molecular formula is C17H27NO4. The van der Waals surface area contributed by atoms with E-state index in [1.165, 1.54) is 0 Å². The number of β-amino-alcohol motifs (C(OH)–C–C–N with tert-alkyl or cyclic N) is 1. The lowest BCUT2D eigenvalue weighted by Crippen LogP contribution is -2.42. The highest BCUT2D eigenvalue weighted by Crippen LogP contribution is 2.30. The van der Waals surface area contributed by atoms with Gasteiger partial charge in [0.25, 0.3) is 0 Å². The zero-order valence-corrected chi connectivity index (χ0v) is 13.5. The summed E-state index contributed by atoms with van der Waals surface area (Å²) >= 11 is 0. The third-order valence-electron chi connectivity index (χ3n) is 3.82. The van der Waals surface area contributed by atoms with Crippen LogP contribution in [0, 0.1) is 0 Å². The molecule has 0 saturated heterocycles. The van der Waals surface area contributed by atoms with Crippen LogP contribution in [0.25, 0.3) is 0 Å². The van der Waals surface area contributed by atoms with E-state index in [1.807, 2.05) is 39.0 Å². The fourth-order valence-corrected chi connectivity index (χ4v) is 2.54. The van der Waals surface area contributed by atoms with Crippen molar-refractivity contribution in [2.24, 2.45) is 0 Å². The van der Waals surface area contributed by atoms with Gasteiger partial charge in [0.1, 0.15) is 18.5 Å². The maximum absolute atomic E-state index is 10.00. The number of fused-ring (bicyclic) bond motifs is 1. The Hall–Kier alpha value is -1.14. The van der Waals surface area contributed by atoms with Gasteiger partial charge >= 0.3 is 0 Å². The Balaban J connectivity index is 1.95. The maximum Gasteiger partial charge on any atom is 0.123 e. The Kier molecular flexibility index (Phi) is 5.45. The van der Waals surface area contributed by atoms with Crippen molar-refractivity contribution in [3.63, 3.8) is 0 Å². The van der Waals surface area contributed by atoms with Crippen LogP contribution in [0.5, 0.6) is 5.75 Å². The van der Waals surface area contributed by atoms with Gasteiger partial charge in [-0.25, -0.2) is 0 Å². The standard InChI is InChI=1S/C17H27NO4/c1-17(2,3)18-9-12(19)10-22-16-6-4-5-11-7-14(20)15(21)8-13(11)16/h4-6,12,14-15,18-21H,7-10H2,1-3H3/t12?,14-,15+/m0/s1. The van der Waals surface area contributed by atoms with Crippen molar-refractivity contribution in [2.75, 3.05) is 13.2 Å². The van der Waals surface area contributed by atoms with Gasteiger partial charge in [-0.3, -0.25) is 0 Å². The molecule has 22 heavy (non-hydrogen) atoms. The molecule has 5 heteroatoms. The molecule has 1 aliphatic rings. The molecule has 2 rings (SSSR count). The first-order valence-corrected chi connectivity index (χ1v) is 7.79. The summed E-state index contributed by atoms with van der Waals surface area (Å²) in [5.41, 5.74) is 1.88. The Morgan fingerprint density at radius 3 is 2.59 bits per heavy atom. The normalized spacial score (nSPS) is 23.0. The van der Waals surface area contributed by atoms with Gasteiger partial charge in [-0.05, 0) is 32.4 Å². The van der Waals surface area contributed by atoms with E-state index in [9.17, 15) is 15.3 Å². The van der Waals surface area contributed by atoms with Gasteiger partial charge in [0.2, 0.25) is 0 Å². The van der Waals surface area contributed by atoms with Crippen molar-refractivity contribution >= 4 is 0 Å². The van der Waals surface area contributed by atoms with Gasteiger partial charge < -0.3 is 25.4 Å². The molecule has 124 valence electrons. The van der Waals surface area contributed by atoms with Gasteiger partial charge in [-0.15, -0.1) is 0 Å². The van der Waals surface area contributed by atoms with Crippen LogP contribution in [0.3, 0.4) is 0 Å². The molecule has 0 amide bonds. The average Bonchev–Trinajstić information content (AvgIpc) is 2.43. The van der Waals surface area contributed by atoms with Crippen molar-refractivity contribution in [3.8, 4) is 5.75 Å². The smallest absolute Gasteiger partial charge is 0.123 e. The topological polar surface area (TPSA) is 82.0 Å². The summed E-state index contributed by atoms with van der Waals surface area (Å²) in [5.74, 6) is 0.679. The first-order valence-electron chi connectivity index (χ1n) is 7.79. The second kappa shape index (κ2) is 6.96. The predicted octanol–water partition coefficient (Wildman–Crippen LogP) is 0.635. The quantitative estimate of drug-likeness (QED) is 0.641. The molecule has 0 spiro atoms. The lowest BCUT2D eigenvalue weighted by molar-refractivity contribution is 0.0132. The Labute approximate surface area is 131 Å². The monoisotopic (exact) mass is 309 g/mol. The first kappa shape index (κ1) is 17.2. The third-order valence-corrected chi connectivity index (χ3v) is 3.82. The summed E-state index contributed by atoms with van der Waals surface area (Å²) in [5, 5.41) is 32.8. The molecule has 1 unspecified atom stereocenters. The Bertz CT molecular complexity index is 498. The van der Waals surface area contributed by atoms with Crippen molar-refractivity contribution in [1.82, 2.24) is 5.32 Å². The lowest BCUT2D eigenvalue weighted by atomic mass is 9.87. The van der Waals surface area contributed by atoms with Crippen molar-refractivity contribution in [1.29, 1.82) is 0 Å². The SMILES string of the molecule is CC(C)(C)NCC(O)COc1cccc2c1C[C@@H](O)[C@@H](O)C2. The maximum atomic E-state index is 10.00. The highest BCUT2D eigenvalue weighted by Gasteiger charge is 2.27. The molecule has 0 saturated carbocycles. The van der Waals surface area contributed by atoms with Gasteiger partial charge in [0.05, 0.1) is 12.2 Å². The summed E-state index contributed by atoms with van der Waals surface area (Å²) in [7, 11) is 0. The molecule has 4 N–H and O–H groups in total. The predicted molar refractivity (Wildman–Crippen MR) is 85.1 cm³/mol. The molecule has 5 nitrogen and oxygen atoms in total. The molecule has 0 radical (unpaired) electrons. The molecule has 1 aromatic rings. The molecule has 0 fully saturated rings. The molecule has 0 aromatic heterocycles. The number of benzene rings is 1. The van der Waals surface area contributed by atoms with Gasteiger partial charge in [-0.1, -0.05) is 12.1 Å². The number of rotatable bonds is 5. The summed E-state index contributed by atoms with van der Waals surface area (Å²) in [4.78, 5) is 0. The van der Waals surface area contributed by atoms with Crippen LogP contribution in [-0.2, 0) is 12.8 Å². The summed E-state index contributed by atoms with van der Waals surface area (Å²) in [6, 6.07) is 5.65.